The van der Waals surface area contributed by atoms with Gasteiger partial charge in [0.2, 0.25) is 0 Å². The smallest absolute Gasteiger partial charge is 0.261 e. The first-order chi connectivity index (χ1) is 16.3. The molecule has 6 heteroatoms. The van der Waals surface area contributed by atoms with Crippen LogP contribution in [-0.2, 0) is 4.79 Å². The Bertz CT molecular complexity index is 1280. The first-order valence-electron chi connectivity index (χ1n) is 11.2. The SMILES string of the molecule is CC(=O)[C@H]1[C@H](CN2C(=O)c3ccccc3C2=O)C[C@@H]1C(=O)c1ccc(-c2ccc(Cl)cc2)cc1. The summed E-state index contributed by atoms with van der Waals surface area (Å²) in [5.41, 5.74) is 3.29. The van der Waals surface area contributed by atoms with Crippen LogP contribution < -0.4 is 0 Å². The number of rotatable bonds is 6. The molecule has 3 aromatic carbocycles. The lowest BCUT2D eigenvalue weighted by molar-refractivity contribution is -0.128. The van der Waals surface area contributed by atoms with Gasteiger partial charge < -0.3 is 0 Å². The summed E-state index contributed by atoms with van der Waals surface area (Å²) in [4.78, 5) is 52.3. The standard InChI is InChI=1S/C28H22ClNO4/c1-16(31)25-20(15-30-27(33)22-4-2-3-5-23(22)28(30)34)14-24(25)26(32)19-8-6-17(7-9-19)18-10-12-21(29)13-11-18/h2-13,20,24-25H,14-15H2,1H3/t20-,24-,25-/m0/s1. The van der Waals surface area contributed by atoms with Crippen molar-refractivity contribution in [3.05, 3.63) is 94.5 Å². The minimum absolute atomic E-state index is 0.0820. The molecule has 0 saturated heterocycles. The van der Waals surface area contributed by atoms with Crippen molar-refractivity contribution in [3.63, 3.8) is 0 Å². The van der Waals surface area contributed by atoms with Crippen molar-refractivity contribution in [2.75, 3.05) is 6.54 Å². The predicted molar refractivity (Wildman–Crippen MR) is 129 cm³/mol. The van der Waals surface area contributed by atoms with E-state index in [1.165, 1.54) is 11.8 Å². The normalized spacial score (nSPS) is 21.2. The number of carbonyl (C=O) groups excluding carboxylic acids is 4. The molecule has 1 heterocycles. The summed E-state index contributed by atoms with van der Waals surface area (Å²) in [6.07, 6.45) is 0.468. The number of benzene rings is 3. The van der Waals surface area contributed by atoms with E-state index in [4.69, 9.17) is 11.6 Å². The van der Waals surface area contributed by atoms with E-state index in [0.717, 1.165) is 11.1 Å². The van der Waals surface area contributed by atoms with E-state index in [2.05, 4.69) is 0 Å². The Balaban J connectivity index is 1.29. The number of fused-ring (bicyclic) bond motifs is 1. The molecule has 3 atom stereocenters. The molecule has 1 saturated carbocycles. The molecule has 3 aromatic rings. The Morgan fingerprint density at radius 3 is 1.91 bits per heavy atom. The van der Waals surface area contributed by atoms with Crippen molar-refractivity contribution in [3.8, 4) is 11.1 Å². The summed E-state index contributed by atoms with van der Waals surface area (Å²) in [5.74, 6) is -2.02. The summed E-state index contributed by atoms with van der Waals surface area (Å²) in [6, 6.07) is 21.5. The molecule has 2 amide bonds. The van der Waals surface area contributed by atoms with Gasteiger partial charge in [0, 0.05) is 29.0 Å². The van der Waals surface area contributed by atoms with Gasteiger partial charge in [0.25, 0.3) is 11.8 Å². The Morgan fingerprint density at radius 2 is 1.38 bits per heavy atom. The first kappa shape index (κ1) is 22.2. The van der Waals surface area contributed by atoms with Crippen molar-refractivity contribution in [2.45, 2.75) is 13.3 Å². The molecule has 0 spiro atoms. The highest BCUT2D eigenvalue weighted by molar-refractivity contribution is 6.30. The third-order valence-electron chi connectivity index (χ3n) is 6.95. The minimum atomic E-state index is -0.507. The van der Waals surface area contributed by atoms with Crippen molar-refractivity contribution in [2.24, 2.45) is 17.8 Å². The summed E-state index contributed by atoms with van der Waals surface area (Å²) in [5, 5.41) is 0.659. The molecule has 0 unspecified atom stereocenters. The largest absolute Gasteiger partial charge is 0.300 e. The maximum atomic E-state index is 13.2. The number of Topliss-reactive ketones (excluding diaryl/α,β-unsaturated/α-hetero) is 2. The van der Waals surface area contributed by atoms with Gasteiger partial charge in [-0.3, -0.25) is 24.1 Å². The number of halogens is 1. The third-order valence-corrected chi connectivity index (χ3v) is 7.20. The highest BCUT2D eigenvalue weighted by atomic mass is 35.5. The lowest BCUT2D eigenvalue weighted by Gasteiger charge is -2.43. The number of amides is 2. The van der Waals surface area contributed by atoms with Crippen LogP contribution in [0.2, 0.25) is 5.02 Å². The van der Waals surface area contributed by atoms with Crippen molar-refractivity contribution in [1.82, 2.24) is 4.90 Å². The molecule has 1 aliphatic heterocycles. The molecule has 0 bridgehead atoms. The van der Waals surface area contributed by atoms with E-state index >= 15 is 0 Å². The van der Waals surface area contributed by atoms with Gasteiger partial charge in [-0.15, -0.1) is 0 Å². The predicted octanol–water partition coefficient (Wildman–Crippen LogP) is 5.33. The van der Waals surface area contributed by atoms with E-state index in [9.17, 15) is 19.2 Å². The molecule has 5 rings (SSSR count). The molecule has 5 nitrogen and oxygen atoms in total. The maximum Gasteiger partial charge on any atom is 0.261 e. The molecule has 2 aliphatic rings. The zero-order valence-electron chi connectivity index (χ0n) is 18.5. The van der Waals surface area contributed by atoms with Crippen LogP contribution in [0.25, 0.3) is 11.1 Å². The number of carbonyl (C=O) groups is 4. The van der Waals surface area contributed by atoms with Gasteiger partial charge in [-0.2, -0.15) is 0 Å². The van der Waals surface area contributed by atoms with E-state index < -0.39 is 11.8 Å². The van der Waals surface area contributed by atoms with Crippen molar-refractivity contribution >= 4 is 35.0 Å². The van der Waals surface area contributed by atoms with Crippen LogP contribution in [0.5, 0.6) is 0 Å². The number of ketones is 2. The van der Waals surface area contributed by atoms with E-state index in [1.54, 1.807) is 36.4 Å². The number of imide groups is 1. The van der Waals surface area contributed by atoms with Gasteiger partial charge in [0.15, 0.2) is 5.78 Å². The highest BCUT2D eigenvalue weighted by Crippen LogP contribution is 2.44. The molecule has 1 aliphatic carbocycles. The van der Waals surface area contributed by atoms with Gasteiger partial charge >= 0.3 is 0 Å². The van der Waals surface area contributed by atoms with E-state index in [-0.39, 0.29) is 35.8 Å². The Hall–Kier alpha value is -3.57. The summed E-state index contributed by atoms with van der Waals surface area (Å²) in [7, 11) is 0. The minimum Gasteiger partial charge on any atom is -0.300 e. The van der Waals surface area contributed by atoms with Crippen LogP contribution >= 0.6 is 11.6 Å². The number of nitrogens with zero attached hydrogens (tertiary/aromatic N) is 1. The summed E-state index contributed by atoms with van der Waals surface area (Å²) >= 11 is 5.95. The number of hydrogen-bond acceptors (Lipinski definition) is 4. The topological polar surface area (TPSA) is 71.5 Å². The van der Waals surface area contributed by atoms with Crippen LogP contribution in [0, 0.1) is 17.8 Å². The van der Waals surface area contributed by atoms with Crippen LogP contribution in [0.4, 0.5) is 0 Å². The average Bonchev–Trinajstić information content (AvgIpc) is 3.06. The lowest BCUT2D eigenvalue weighted by atomic mass is 9.60. The average molecular weight is 472 g/mol. The second kappa shape index (κ2) is 8.65. The molecule has 170 valence electrons. The fraction of sp³-hybridized carbons (Fsp3) is 0.214. The molecule has 0 N–H and O–H groups in total. The fourth-order valence-corrected chi connectivity index (χ4v) is 5.27. The lowest BCUT2D eigenvalue weighted by Crippen LogP contribution is -2.51. The second-order valence-electron chi connectivity index (χ2n) is 8.95. The zero-order valence-corrected chi connectivity index (χ0v) is 19.3. The Morgan fingerprint density at radius 1 is 0.853 bits per heavy atom. The van der Waals surface area contributed by atoms with Gasteiger partial charge in [0.05, 0.1) is 11.1 Å². The fourth-order valence-electron chi connectivity index (χ4n) is 5.15. The van der Waals surface area contributed by atoms with Gasteiger partial charge in [0.1, 0.15) is 5.78 Å². The molecule has 0 aromatic heterocycles. The van der Waals surface area contributed by atoms with Crippen molar-refractivity contribution in [1.29, 1.82) is 0 Å². The number of hydrogen-bond donors (Lipinski definition) is 0. The van der Waals surface area contributed by atoms with Gasteiger partial charge in [-0.05, 0) is 54.7 Å². The molecule has 34 heavy (non-hydrogen) atoms. The van der Waals surface area contributed by atoms with E-state index in [1.807, 2.05) is 36.4 Å². The van der Waals surface area contributed by atoms with Gasteiger partial charge in [-0.25, -0.2) is 0 Å². The van der Waals surface area contributed by atoms with Gasteiger partial charge in [-0.1, -0.05) is 60.1 Å². The molecular weight excluding hydrogens is 450 g/mol. The second-order valence-corrected chi connectivity index (χ2v) is 9.39. The zero-order chi connectivity index (χ0) is 24.0. The van der Waals surface area contributed by atoms with Crippen LogP contribution in [-0.4, -0.2) is 34.8 Å². The Labute approximate surface area is 202 Å². The highest BCUT2D eigenvalue weighted by Gasteiger charge is 2.50. The van der Waals surface area contributed by atoms with Crippen molar-refractivity contribution < 1.29 is 19.2 Å². The maximum absolute atomic E-state index is 13.2. The van der Waals surface area contributed by atoms with Crippen LogP contribution in [0.1, 0.15) is 44.4 Å². The summed E-state index contributed by atoms with van der Waals surface area (Å²) < 4.78 is 0. The molecule has 1 fully saturated rings. The third kappa shape index (κ3) is 3.76. The quantitative estimate of drug-likeness (QED) is 0.360. The molecule has 0 radical (unpaired) electrons. The molecular formula is C28H22ClNO4. The monoisotopic (exact) mass is 471 g/mol. The Kier molecular flexibility index (Phi) is 5.66. The van der Waals surface area contributed by atoms with Crippen LogP contribution in [0.3, 0.4) is 0 Å². The summed E-state index contributed by atoms with van der Waals surface area (Å²) in [6.45, 7) is 1.62. The first-order valence-corrected chi connectivity index (χ1v) is 11.6. The van der Waals surface area contributed by atoms with E-state index in [0.29, 0.717) is 28.1 Å². The van der Waals surface area contributed by atoms with Crippen LogP contribution in [0.15, 0.2) is 72.8 Å².